The summed E-state index contributed by atoms with van der Waals surface area (Å²) in [6.45, 7) is 1.30. The number of aromatic nitrogens is 2. The molecule has 0 bridgehead atoms. The van der Waals surface area contributed by atoms with Gasteiger partial charge in [-0.1, -0.05) is 30.3 Å². The molecule has 0 aliphatic carbocycles. The third kappa shape index (κ3) is 4.18. The van der Waals surface area contributed by atoms with Crippen LogP contribution in [0.1, 0.15) is 24.1 Å². The monoisotopic (exact) mass is 366 g/mol. The van der Waals surface area contributed by atoms with Gasteiger partial charge < -0.3 is 15.0 Å². The molecule has 1 saturated heterocycles. The molecular weight excluding hydrogens is 344 g/mol. The number of carbonyl (C=O) groups is 2. The Morgan fingerprint density at radius 2 is 2.00 bits per heavy atom. The number of hydrogen-bond donors (Lipinski definition) is 2. The summed E-state index contributed by atoms with van der Waals surface area (Å²) in [4.78, 5) is 27.2. The molecule has 1 aromatic heterocycles. The van der Waals surface area contributed by atoms with Gasteiger partial charge in [0.15, 0.2) is 0 Å². The van der Waals surface area contributed by atoms with Gasteiger partial charge in [-0.2, -0.15) is 5.10 Å². The molecule has 0 spiro atoms. The predicted octanol–water partition coefficient (Wildman–Crippen LogP) is 1.24. The summed E-state index contributed by atoms with van der Waals surface area (Å²) in [6.07, 6.45) is 7.83. The Morgan fingerprint density at radius 3 is 2.63 bits per heavy atom. The SMILES string of the molecule is C#CC(=O)N(Cc1cc[nH]n1)C1(C(=O)NCc2ccccc2)CCOCC1. The maximum Gasteiger partial charge on any atom is 0.299 e. The van der Waals surface area contributed by atoms with Crippen LogP contribution < -0.4 is 5.32 Å². The van der Waals surface area contributed by atoms with Crippen LogP contribution in [0.4, 0.5) is 0 Å². The molecule has 2 amide bonds. The molecule has 0 unspecified atom stereocenters. The van der Waals surface area contributed by atoms with Crippen LogP contribution in [0.15, 0.2) is 42.6 Å². The quantitative estimate of drug-likeness (QED) is 0.753. The van der Waals surface area contributed by atoms with Crippen molar-refractivity contribution in [3.8, 4) is 12.3 Å². The van der Waals surface area contributed by atoms with Crippen molar-refractivity contribution in [1.29, 1.82) is 0 Å². The molecule has 1 fully saturated rings. The number of rotatable bonds is 6. The fourth-order valence-electron chi connectivity index (χ4n) is 3.31. The molecule has 0 radical (unpaired) electrons. The molecule has 1 aliphatic heterocycles. The Bertz CT molecular complexity index is 806. The predicted molar refractivity (Wildman–Crippen MR) is 99.0 cm³/mol. The van der Waals surface area contributed by atoms with E-state index in [1.54, 1.807) is 12.3 Å². The molecule has 2 heterocycles. The van der Waals surface area contributed by atoms with Gasteiger partial charge in [0.2, 0.25) is 5.91 Å². The fourth-order valence-corrected chi connectivity index (χ4v) is 3.31. The van der Waals surface area contributed by atoms with Crippen LogP contribution in [0.3, 0.4) is 0 Å². The Hall–Kier alpha value is -3.11. The van der Waals surface area contributed by atoms with Crippen LogP contribution in [0.25, 0.3) is 0 Å². The molecule has 2 aromatic rings. The summed E-state index contributed by atoms with van der Waals surface area (Å²) in [6, 6.07) is 11.4. The maximum atomic E-state index is 13.2. The number of nitrogens with one attached hydrogen (secondary N) is 2. The minimum absolute atomic E-state index is 0.158. The van der Waals surface area contributed by atoms with Crippen molar-refractivity contribution in [2.24, 2.45) is 0 Å². The Labute approximate surface area is 158 Å². The van der Waals surface area contributed by atoms with Gasteiger partial charge in [-0.05, 0) is 17.6 Å². The van der Waals surface area contributed by atoms with E-state index in [-0.39, 0.29) is 12.5 Å². The van der Waals surface area contributed by atoms with Gasteiger partial charge in [0.25, 0.3) is 5.91 Å². The van der Waals surface area contributed by atoms with E-state index in [2.05, 4.69) is 21.4 Å². The third-order valence-electron chi connectivity index (χ3n) is 4.80. The van der Waals surface area contributed by atoms with Crippen molar-refractivity contribution in [2.75, 3.05) is 13.2 Å². The molecule has 1 aromatic carbocycles. The summed E-state index contributed by atoms with van der Waals surface area (Å²) >= 11 is 0. The van der Waals surface area contributed by atoms with E-state index in [1.165, 1.54) is 4.90 Å². The highest BCUT2D eigenvalue weighted by Crippen LogP contribution is 2.30. The molecule has 27 heavy (non-hydrogen) atoms. The molecular formula is C20H22N4O3. The highest BCUT2D eigenvalue weighted by Gasteiger charge is 2.47. The van der Waals surface area contributed by atoms with Gasteiger partial charge in [0.1, 0.15) is 5.54 Å². The minimum Gasteiger partial charge on any atom is -0.381 e. The highest BCUT2D eigenvalue weighted by atomic mass is 16.5. The first-order chi connectivity index (χ1) is 13.2. The second kappa shape index (κ2) is 8.52. The third-order valence-corrected chi connectivity index (χ3v) is 4.80. The van der Waals surface area contributed by atoms with Crippen molar-refractivity contribution in [1.82, 2.24) is 20.4 Å². The standard InChI is InChI=1S/C20H22N4O3/c1-2-18(25)24(15-17-8-11-22-23-17)20(9-12-27-13-10-20)19(26)21-14-16-6-4-3-5-7-16/h1,3-8,11H,9-10,12-15H2,(H,21,26)(H,22,23). The molecule has 0 atom stereocenters. The number of aromatic amines is 1. The molecule has 140 valence electrons. The van der Waals surface area contributed by atoms with E-state index in [4.69, 9.17) is 11.2 Å². The lowest BCUT2D eigenvalue weighted by Crippen LogP contribution is -2.62. The van der Waals surface area contributed by atoms with E-state index < -0.39 is 11.4 Å². The topological polar surface area (TPSA) is 87.3 Å². The van der Waals surface area contributed by atoms with Crippen molar-refractivity contribution in [3.05, 3.63) is 53.9 Å². The van der Waals surface area contributed by atoms with Crippen molar-refractivity contribution in [3.63, 3.8) is 0 Å². The van der Waals surface area contributed by atoms with E-state index >= 15 is 0 Å². The Morgan fingerprint density at radius 1 is 1.26 bits per heavy atom. The molecule has 7 heteroatoms. The van der Waals surface area contributed by atoms with E-state index in [0.29, 0.717) is 38.3 Å². The number of ether oxygens (including phenoxy) is 1. The Balaban J connectivity index is 1.85. The van der Waals surface area contributed by atoms with Crippen LogP contribution in [0.5, 0.6) is 0 Å². The largest absolute Gasteiger partial charge is 0.381 e. The first-order valence-corrected chi connectivity index (χ1v) is 8.82. The second-order valence-corrected chi connectivity index (χ2v) is 6.41. The Kier molecular flexibility index (Phi) is 5.89. The second-order valence-electron chi connectivity index (χ2n) is 6.41. The zero-order valence-electron chi connectivity index (χ0n) is 15.0. The van der Waals surface area contributed by atoms with Crippen LogP contribution in [0, 0.1) is 12.3 Å². The summed E-state index contributed by atoms with van der Waals surface area (Å²) in [5, 5.41) is 9.78. The zero-order valence-corrected chi connectivity index (χ0v) is 15.0. The molecule has 1 aliphatic rings. The lowest BCUT2D eigenvalue weighted by atomic mass is 9.86. The first-order valence-electron chi connectivity index (χ1n) is 8.82. The lowest BCUT2D eigenvalue weighted by Gasteiger charge is -2.43. The van der Waals surface area contributed by atoms with Gasteiger partial charge in [-0.15, -0.1) is 6.42 Å². The number of amides is 2. The van der Waals surface area contributed by atoms with Crippen LogP contribution in [-0.2, 0) is 27.4 Å². The fraction of sp³-hybridized carbons (Fsp3) is 0.350. The van der Waals surface area contributed by atoms with Crippen molar-refractivity contribution >= 4 is 11.8 Å². The lowest BCUT2D eigenvalue weighted by molar-refractivity contribution is -0.152. The summed E-state index contributed by atoms with van der Waals surface area (Å²) in [5.74, 6) is 1.40. The first kappa shape index (κ1) is 18.7. The normalized spacial score (nSPS) is 15.5. The number of H-pyrrole nitrogens is 1. The zero-order chi connectivity index (χ0) is 19.1. The van der Waals surface area contributed by atoms with Gasteiger partial charge in [0, 0.05) is 38.8 Å². The molecule has 2 N–H and O–H groups in total. The molecule has 3 rings (SSSR count). The van der Waals surface area contributed by atoms with Crippen LogP contribution >= 0.6 is 0 Å². The summed E-state index contributed by atoms with van der Waals surface area (Å²) in [5.41, 5.74) is 0.561. The van der Waals surface area contributed by atoms with E-state index in [1.807, 2.05) is 30.3 Å². The van der Waals surface area contributed by atoms with Crippen molar-refractivity contribution in [2.45, 2.75) is 31.5 Å². The number of carbonyl (C=O) groups excluding carboxylic acids is 2. The highest BCUT2D eigenvalue weighted by molar-refractivity contribution is 5.98. The van der Waals surface area contributed by atoms with Crippen molar-refractivity contribution < 1.29 is 14.3 Å². The minimum atomic E-state index is -1.06. The van der Waals surface area contributed by atoms with E-state index in [0.717, 1.165) is 5.56 Å². The smallest absolute Gasteiger partial charge is 0.299 e. The van der Waals surface area contributed by atoms with Gasteiger partial charge in [0.05, 0.1) is 12.2 Å². The molecule has 0 saturated carbocycles. The maximum absolute atomic E-state index is 13.2. The number of nitrogens with zero attached hydrogens (tertiary/aromatic N) is 2. The van der Waals surface area contributed by atoms with Gasteiger partial charge in [-0.25, -0.2) is 0 Å². The average molecular weight is 366 g/mol. The molecule has 7 nitrogen and oxygen atoms in total. The number of terminal acetylenes is 1. The number of hydrogen-bond acceptors (Lipinski definition) is 4. The average Bonchev–Trinajstić information content (AvgIpc) is 3.24. The number of benzene rings is 1. The summed E-state index contributed by atoms with van der Waals surface area (Å²) < 4.78 is 5.45. The van der Waals surface area contributed by atoms with Gasteiger partial charge >= 0.3 is 0 Å². The summed E-state index contributed by atoms with van der Waals surface area (Å²) in [7, 11) is 0. The van der Waals surface area contributed by atoms with E-state index in [9.17, 15) is 9.59 Å². The van der Waals surface area contributed by atoms with Gasteiger partial charge in [-0.3, -0.25) is 14.7 Å². The van der Waals surface area contributed by atoms with Crippen LogP contribution in [-0.4, -0.2) is 45.7 Å². The van der Waals surface area contributed by atoms with Crippen LogP contribution in [0.2, 0.25) is 0 Å².